The van der Waals surface area contributed by atoms with Gasteiger partial charge in [-0.15, -0.1) is 0 Å². The van der Waals surface area contributed by atoms with Crippen LogP contribution in [0, 0.1) is 11.3 Å². The van der Waals surface area contributed by atoms with Gasteiger partial charge >= 0.3 is 0 Å². The van der Waals surface area contributed by atoms with Crippen molar-refractivity contribution < 1.29 is 13.2 Å². The molecule has 0 aromatic heterocycles. The normalized spacial score (nSPS) is 16.0. The number of aliphatic imine (C=N–C) groups is 1. The number of nitriles is 1. The highest BCUT2D eigenvalue weighted by atomic mass is 35.5. The van der Waals surface area contributed by atoms with E-state index in [1.807, 2.05) is 48.5 Å². The second-order valence-corrected chi connectivity index (χ2v) is 10.3. The number of amides is 1. The summed E-state index contributed by atoms with van der Waals surface area (Å²) in [5.74, 6) is -0.927. The van der Waals surface area contributed by atoms with Gasteiger partial charge in [0, 0.05) is 17.5 Å². The van der Waals surface area contributed by atoms with Gasteiger partial charge < -0.3 is 5.73 Å². The molecule has 0 saturated heterocycles. The highest BCUT2D eigenvalue weighted by Crippen LogP contribution is 2.30. The van der Waals surface area contributed by atoms with E-state index in [0.29, 0.717) is 29.3 Å². The summed E-state index contributed by atoms with van der Waals surface area (Å²) in [6.07, 6.45) is 0.597. The zero-order valence-corrected chi connectivity index (χ0v) is 21.2. The van der Waals surface area contributed by atoms with Crippen LogP contribution in [0.1, 0.15) is 29.0 Å². The number of guanidine groups is 1. The maximum Gasteiger partial charge on any atom is 0.264 e. The molecule has 3 aromatic carbocycles. The monoisotopic (exact) mass is 534 g/mol. The zero-order chi connectivity index (χ0) is 26.4. The van der Waals surface area contributed by atoms with E-state index in [9.17, 15) is 13.2 Å². The highest BCUT2D eigenvalue weighted by molar-refractivity contribution is 7.90. The topological polar surface area (TPSA) is 141 Å². The Morgan fingerprint density at radius 2 is 1.78 bits per heavy atom. The molecule has 1 unspecified atom stereocenters. The van der Waals surface area contributed by atoms with Gasteiger partial charge in [-0.2, -0.15) is 10.4 Å². The molecule has 0 radical (unpaired) electrons. The summed E-state index contributed by atoms with van der Waals surface area (Å²) in [5.41, 5.74) is 8.17. The SMILES string of the molecule is N#Cc1ccc(S(=O)(=O)NC(=NCC(N)=O)N2CCC(c3ccccc3)C(c3ccc(Cl)cc3)=N2)cc1. The minimum Gasteiger partial charge on any atom is -0.368 e. The molecule has 37 heavy (non-hydrogen) atoms. The molecule has 1 atom stereocenters. The largest absolute Gasteiger partial charge is 0.368 e. The molecule has 4 rings (SSSR count). The smallest absolute Gasteiger partial charge is 0.264 e. The van der Waals surface area contributed by atoms with Crippen LogP contribution in [0.15, 0.2) is 93.9 Å². The molecule has 0 aliphatic carbocycles. The fourth-order valence-corrected chi connectivity index (χ4v) is 5.04. The molecule has 0 bridgehead atoms. The van der Waals surface area contributed by atoms with Gasteiger partial charge in [0.15, 0.2) is 0 Å². The lowest BCUT2D eigenvalue weighted by Gasteiger charge is -2.32. The van der Waals surface area contributed by atoms with Crippen molar-refractivity contribution in [2.45, 2.75) is 17.2 Å². The predicted molar refractivity (Wildman–Crippen MR) is 141 cm³/mol. The van der Waals surface area contributed by atoms with Crippen molar-refractivity contribution in [3.63, 3.8) is 0 Å². The van der Waals surface area contributed by atoms with Crippen molar-refractivity contribution in [3.05, 3.63) is 101 Å². The summed E-state index contributed by atoms with van der Waals surface area (Å²) < 4.78 is 28.7. The van der Waals surface area contributed by atoms with Crippen molar-refractivity contribution in [1.82, 2.24) is 9.73 Å². The number of sulfonamides is 1. The Balaban J connectivity index is 1.74. The molecule has 1 amide bonds. The fraction of sp³-hybridized carbons (Fsp3) is 0.154. The predicted octanol–water partition coefficient (Wildman–Crippen LogP) is 3.23. The molecule has 0 fully saturated rings. The van der Waals surface area contributed by atoms with Crippen molar-refractivity contribution in [1.29, 1.82) is 5.26 Å². The van der Waals surface area contributed by atoms with Gasteiger partial charge in [-0.25, -0.2) is 23.1 Å². The lowest BCUT2D eigenvalue weighted by Crippen LogP contribution is -2.45. The number of carbonyl (C=O) groups is 1. The minimum absolute atomic E-state index is 0.0638. The fourth-order valence-electron chi connectivity index (χ4n) is 3.89. The van der Waals surface area contributed by atoms with Crippen LogP contribution >= 0.6 is 11.6 Å². The summed E-state index contributed by atoms with van der Waals surface area (Å²) in [4.78, 5) is 15.5. The standard InChI is InChI=1S/C26H23ClN6O3S/c27-21-10-8-20(9-11-21)25-23(19-4-2-1-3-5-19)14-15-33(31-25)26(30-17-24(29)34)32-37(35,36)22-12-6-18(16-28)7-13-22/h1-13,23H,14-15,17H2,(H2,29,34)(H,30,32). The summed E-state index contributed by atoms with van der Waals surface area (Å²) in [6.45, 7) is -0.111. The minimum atomic E-state index is -4.11. The Morgan fingerprint density at radius 1 is 1.11 bits per heavy atom. The van der Waals surface area contributed by atoms with E-state index in [4.69, 9.17) is 27.7 Å². The van der Waals surface area contributed by atoms with Gasteiger partial charge in [0.2, 0.25) is 11.9 Å². The number of hydrazone groups is 1. The van der Waals surface area contributed by atoms with Gasteiger partial charge in [0.05, 0.1) is 22.2 Å². The number of benzene rings is 3. The molecule has 1 heterocycles. The van der Waals surface area contributed by atoms with Gasteiger partial charge in [-0.3, -0.25) is 4.79 Å². The van der Waals surface area contributed by atoms with E-state index in [-0.39, 0.29) is 16.8 Å². The molecular formula is C26H23ClN6O3S. The summed E-state index contributed by atoms with van der Waals surface area (Å²) in [6, 6.07) is 24.5. The molecule has 11 heteroatoms. The molecule has 3 aromatic rings. The van der Waals surface area contributed by atoms with Gasteiger partial charge in [-0.05, 0) is 53.9 Å². The first kappa shape index (κ1) is 25.9. The van der Waals surface area contributed by atoms with Crippen LogP contribution in [0.4, 0.5) is 0 Å². The molecule has 3 N–H and O–H groups in total. The Labute approximate surface area is 219 Å². The van der Waals surface area contributed by atoms with E-state index in [2.05, 4.69) is 9.71 Å². The number of hydrogen-bond acceptors (Lipinski definition) is 6. The average Bonchev–Trinajstić information content (AvgIpc) is 2.91. The maximum atomic E-state index is 13.1. The average molecular weight is 535 g/mol. The zero-order valence-electron chi connectivity index (χ0n) is 19.6. The molecule has 0 spiro atoms. The van der Waals surface area contributed by atoms with Crippen LogP contribution in [-0.2, 0) is 14.8 Å². The van der Waals surface area contributed by atoms with Crippen LogP contribution in [-0.4, -0.2) is 44.1 Å². The van der Waals surface area contributed by atoms with Crippen LogP contribution in [0.25, 0.3) is 0 Å². The van der Waals surface area contributed by atoms with Crippen molar-refractivity contribution in [2.24, 2.45) is 15.8 Å². The third-order valence-electron chi connectivity index (χ3n) is 5.68. The quantitative estimate of drug-likeness (QED) is 0.369. The first-order chi connectivity index (χ1) is 17.8. The second-order valence-electron chi connectivity index (χ2n) is 8.22. The molecule has 1 aliphatic rings. The van der Waals surface area contributed by atoms with Crippen molar-refractivity contribution in [2.75, 3.05) is 13.1 Å². The van der Waals surface area contributed by atoms with Crippen LogP contribution in [0.2, 0.25) is 5.02 Å². The summed E-state index contributed by atoms with van der Waals surface area (Å²) in [7, 11) is -4.11. The number of nitrogens with one attached hydrogen (secondary N) is 1. The molecule has 0 saturated carbocycles. The van der Waals surface area contributed by atoms with E-state index in [1.165, 1.54) is 29.3 Å². The van der Waals surface area contributed by atoms with E-state index >= 15 is 0 Å². The van der Waals surface area contributed by atoms with Crippen LogP contribution < -0.4 is 10.5 Å². The van der Waals surface area contributed by atoms with Gasteiger partial charge in [-0.1, -0.05) is 54.1 Å². The Kier molecular flexibility index (Phi) is 7.86. The van der Waals surface area contributed by atoms with Crippen LogP contribution in [0.3, 0.4) is 0 Å². The van der Waals surface area contributed by atoms with E-state index < -0.39 is 22.5 Å². The molecule has 188 valence electrons. The molecule has 9 nitrogen and oxygen atoms in total. The number of nitrogens with two attached hydrogens (primary N) is 1. The second kappa shape index (κ2) is 11.2. The first-order valence-corrected chi connectivity index (χ1v) is 13.2. The van der Waals surface area contributed by atoms with E-state index in [0.717, 1.165) is 11.1 Å². The van der Waals surface area contributed by atoms with Crippen molar-refractivity contribution in [3.8, 4) is 6.07 Å². The van der Waals surface area contributed by atoms with E-state index in [1.54, 1.807) is 12.1 Å². The van der Waals surface area contributed by atoms with Gasteiger partial charge in [0.25, 0.3) is 10.0 Å². The maximum absolute atomic E-state index is 13.1. The lowest BCUT2D eigenvalue weighted by atomic mass is 9.86. The number of primary amides is 1. The number of carbonyl (C=O) groups excluding carboxylic acids is 1. The number of rotatable bonds is 6. The highest BCUT2D eigenvalue weighted by Gasteiger charge is 2.30. The van der Waals surface area contributed by atoms with Gasteiger partial charge in [0.1, 0.15) is 6.54 Å². The number of hydrogen-bond donors (Lipinski definition) is 2. The van der Waals surface area contributed by atoms with Crippen LogP contribution in [0.5, 0.6) is 0 Å². The Hall–Kier alpha value is -4.20. The van der Waals surface area contributed by atoms with Crippen molar-refractivity contribution >= 4 is 39.2 Å². The third-order valence-corrected chi connectivity index (χ3v) is 7.27. The lowest BCUT2D eigenvalue weighted by molar-refractivity contribution is -0.116. The molecular weight excluding hydrogens is 512 g/mol. The summed E-state index contributed by atoms with van der Waals surface area (Å²) >= 11 is 6.10. The summed E-state index contributed by atoms with van der Waals surface area (Å²) in [5, 5.41) is 15.8. The first-order valence-electron chi connectivity index (χ1n) is 11.3. The Bertz CT molecular complexity index is 1480. The molecule has 1 aliphatic heterocycles. The number of halogens is 1. The number of nitrogens with zero attached hydrogens (tertiary/aromatic N) is 4. The third kappa shape index (κ3) is 6.33. The Morgan fingerprint density at radius 3 is 2.41 bits per heavy atom.